The zero-order chi connectivity index (χ0) is 22.7. The van der Waals surface area contributed by atoms with Crippen LogP contribution in [-0.4, -0.2) is 52.9 Å². The summed E-state index contributed by atoms with van der Waals surface area (Å²) in [5, 5.41) is 2.86. The predicted molar refractivity (Wildman–Crippen MR) is 124 cm³/mol. The van der Waals surface area contributed by atoms with Gasteiger partial charge in [0.05, 0.1) is 11.9 Å². The number of hydrogen-bond acceptors (Lipinski definition) is 6. The fourth-order valence-corrected chi connectivity index (χ4v) is 5.28. The molecule has 4 rings (SSSR count). The summed E-state index contributed by atoms with van der Waals surface area (Å²) in [6.07, 6.45) is 3.52. The molecule has 0 saturated carbocycles. The lowest BCUT2D eigenvalue weighted by Gasteiger charge is -2.29. The number of amides is 1. The van der Waals surface area contributed by atoms with E-state index in [0.717, 1.165) is 29.2 Å². The smallest absolute Gasteiger partial charge is 0.243 e. The van der Waals surface area contributed by atoms with Crippen LogP contribution < -0.4 is 24.0 Å². The van der Waals surface area contributed by atoms with Crippen LogP contribution in [0.15, 0.2) is 42.5 Å². The second kappa shape index (κ2) is 9.28. The van der Waals surface area contributed by atoms with E-state index in [9.17, 15) is 13.2 Å². The Hall–Kier alpha value is -2.94. The van der Waals surface area contributed by atoms with Crippen molar-refractivity contribution < 1.29 is 22.7 Å². The highest BCUT2D eigenvalue weighted by atomic mass is 32.2. The lowest BCUT2D eigenvalue weighted by Crippen LogP contribution is -2.47. The minimum absolute atomic E-state index is 0.322. The minimum atomic E-state index is -3.72. The summed E-state index contributed by atoms with van der Waals surface area (Å²) in [6, 6.07) is 12.1. The Balaban J connectivity index is 1.44. The summed E-state index contributed by atoms with van der Waals surface area (Å²) in [5.41, 5.74) is 2.50. The third-order valence-corrected chi connectivity index (χ3v) is 6.98. The monoisotopic (exact) mass is 459 g/mol. The van der Waals surface area contributed by atoms with Crippen LogP contribution >= 0.6 is 0 Å². The van der Waals surface area contributed by atoms with Crippen LogP contribution in [0.3, 0.4) is 0 Å². The first-order chi connectivity index (χ1) is 15.3. The molecule has 1 fully saturated rings. The zero-order valence-corrected chi connectivity index (χ0v) is 19.2. The van der Waals surface area contributed by atoms with Crippen LogP contribution in [0.2, 0.25) is 0 Å². The van der Waals surface area contributed by atoms with Crippen LogP contribution in [0.4, 0.5) is 11.4 Å². The van der Waals surface area contributed by atoms with Crippen molar-refractivity contribution in [2.75, 3.05) is 41.8 Å². The van der Waals surface area contributed by atoms with E-state index in [2.05, 4.69) is 22.3 Å². The largest absolute Gasteiger partial charge is 0.486 e. The Morgan fingerprint density at radius 2 is 1.72 bits per heavy atom. The number of hydrogen-bond donors (Lipinski definition) is 1. The van der Waals surface area contributed by atoms with Gasteiger partial charge in [-0.3, -0.25) is 9.10 Å². The van der Waals surface area contributed by atoms with Crippen molar-refractivity contribution in [2.45, 2.75) is 32.4 Å². The number of benzene rings is 2. The Kier molecular flexibility index (Phi) is 6.45. The summed E-state index contributed by atoms with van der Waals surface area (Å²) >= 11 is 0. The third kappa shape index (κ3) is 4.93. The zero-order valence-electron chi connectivity index (χ0n) is 18.4. The molecule has 8 nitrogen and oxygen atoms in total. The molecule has 0 aromatic heterocycles. The van der Waals surface area contributed by atoms with E-state index >= 15 is 0 Å². The van der Waals surface area contributed by atoms with Crippen molar-refractivity contribution in [1.82, 2.24) is 5.32 Å². The highest BCUT2D eigenvalue weighted by Gasteiger charge is 2.30. The van der Waals surface area contributed by atoms with E-state index in [4.69, 9.17) is 9.47 Å². The lowest BCUT2D eigenvalue weighted by atomic mass is 10.2. The second-order valence-corrected chi connectivity index (χ2v) is 10.0. The second-order valence-electron chi connectivity index (χ2n) is 8.14. The number of ether oxygens (including phenoxy) is 2. The van der Waals surface area contributed by atoms with E-state index in [1.54, 1.807) is 25.1 Å². The van der Waals surface area contributed by atoms with Gasteiger partial charge in [-0.1, -0.05) is 12.1 Å². The van der Waals surface area contributed by atoms with Gasteiger partial charge >= 0.3 is 0 Å². The lowest BCUT2D eigenvalue weighted by molar-refractivity contribution is -0.122. The van der Waals surface area contributed by atoms with Crippen LogP contribution in [0.5, 0.6) is 11.5 Å². The molecular weight excluding hydrogens is 430 g/mol. The van der Waals surface area contributed by atoms with Crippen LogP contribution in [0.1, 0.15) is 25.3 Å². The normalized spacial score (nSPS) is 16.5. The summed E-state index contributed by atoms with van der Waals surface area (Å²) < 4.78 is 37.3. The molecule has 0 spiro atoms. The Morgan fingerprint density at radius 1 is 1.06 bits per heavy atom. The molecule has 2 heterocycles. The van der Waals surface area contributed by atoms with Gasteiger partial charge in [-0.15, -0.1) is 0 Å². The highest BCUT2D eigenvalue weighted by molar-refractivity contribution is 7.92. The number of fused-ring (bicyclic) bond motifs is 1. The Bertz CT molecular complexity index is 1070. The SMILES string of the molecule is CC(C(=O)NCc1ccc(N2CCCC2)cc1)N(c1ccc2c(c1)OCCO2)S(C)(=O)=O. The molecule has 2 aliphatic rings. The van der Waals surface area contributed by atoms with Crippen molar-refractivity contribution in [1.29, 1.82) is 0 Å². The van der Waals surface area contributed by atoms with Crippen LogP contribution in [-0.2, 0) is 21.4 Å². The average Bonchev–Trinajstić information content (AvgIpc) is 3.32. The number of carbonyl (C=O) groups excluding carboxylic acids is 1. The molecule has 1 amide bonds. The first kappa shape index (κ1) is 22.3. The maximum Gasteiger partial charge on any atom is 0.243 e. The van der Waals surface area contributed by atoms with Crippen molar-refractivity contribution in [3.63, 3.8) is 0 Å². The van der Waals surface area contributed by atoms with E-state index in [0.29, 0.717) is 36.9 Å². The highest BCUT2D eigenvalue weighted by Crippen LogP contribution is 2.35. The molecule has 0 bridgehead atoms. The molecule has 32 heavy (non-hydrogen) atoms. The van der Waals surface area contributed by atoms with Gasteiger partial charge in [0.2, 0.25) is 15.9 Å². The van der Waals surface area contributed by atoms with Crippen LogP contribution in [0, 0.1) is 0 Å². The first-order valence-electron chi connectivity index (χ1n) is 10.8. The molecule has 1 N–H and O–H groups in total. The fourth-order valence-electron chi connectivity index (χ4n) is 4.11. The predicted octanol–water partition coefficient (Wildman–Crippen LogP) is 2.53. The summed E-state index contributed by atoms with van der Waals surface area (Å²) in [7, 11) is -3.72. The number of anilines is 2. The molecule has 0 radical (unpaired) electrons. The van der Waals surface area contributed by atoms with Gasteiger partial charge < -0.3 is 19.7 Å². The summed E-state index contributed by atoms with van der Waals surface area (Å²) in [5.74, 6) is 0.643. The first-order valence-corrected chi connectivity index (χ1v) is 12.7. The molecule has 9 heteroatoms. The number of carbonyl (C=O) groups is 1. The molecule has 0 aliphatic carbocycles. The van der Waals surface area contributed by atoms with E-state index in [1.165, 1.54) is 18.5 Å². The molecular formula is C23H29N3O5S. The Morgan fingerprint density at radius 3 is 2.38 bits per heavy atom. The molecule has 172 valence electrons. The van der Waals surface area contributed by atoms with E-state index in [1.807, 2.05) is 12.1 Å². The topological polar surface area (TPSA) is 88.2 Å². The van der Waals surface area contributed by atoms with Gasteiger partial charge in [-0.2, -0.15) is 0 Å². The van der Waals surface area contributed by atoms with Gasteiger partial charge in [0.15, 0.2) is 11.5 Å². The molecule has 1 saturated heterocycles. The molecule has 1 atom stereocenters. The van der Waals surface area contributed by atoms with E-state index < -0.39 is 16.1 Å². The fraction of sp³-hybridized carbons (Fsp3) is 0.435. The Labute approximate surface area is 189 Å². The minimum Gasteiger partial charge on any atom is -0.486 e. The average molecular weight is 460 g/mol. The number of nitrogens with zero attached hydrogens (tertiary/aromatic N) is 2. The van der Waals surface area contributed by atoms with Crippen molar-refractivity contribution in [3.05, 3.63) is 48.0 Å². The number of sulfonamides is 1. The summed E-state index contributed by atoms with van der Waals surface area (Å²) in [6.45, 7) is 4.89. The summed E-state index contributed by atoms with van der Waals surface area (Å²) in [4.78, 5) is 15.2. The number of nitrogens with one attached hydrogen (secondary N) is 1. The van der Waals surface area contributed by atoms with Gasteiger partial charge in [0.25, 0.3) is 0 Å². The van der Waals surface area contributed by atoms with Crippen molar-refractivity contribution >= 4 is 27.3 Å². The van der Waals surface area contributed by atoms with Gasteiger partial charge in [0, 0.05) is 31.4 Å². The third-order valence-electron chi connectivity index (χ3n) is 5.74. The standard InChI is InChI=1S/C23H29N3O5S/c1-17(23(27)24-16-18-5-7-19(8-6-18)25-11-3-4-12-25)26(32(2,28)29)20-9-10-21-22(15-20)31-14-13-30-21/h5-10,15,17H,3-4,11-14,16H2,1-2H3,(H,24,27). The van der Waals surface area contributed by atoms with Gasteiger partial charge in [-0.25, -0.2) is 8.42 Å². The molecule has 2 aromatic rings. The quantitative estimate of drug-likeness (QED) is 0.685. The van der Waals surface area contributed by atoms with Crippen molar-refractivity contribution in [3.8, 4) is 11.5 Å². The van der Waals surface area contributed by atoms with Crippen LogP contribution in [0.25, 0.3) is 0 Å². The molecule has 2 aromatic carbocycles. The maximum absolute atomic E-state index is 12.9. The van der Waals surface area contributed by atoms with Gasteiger partial charge in [0.1, 0.15) is 19.3 Å². The molecule has 2 aliphatic heterocycles. The van der Waals surface area contributed by atoms with E-state index in [-0.39, 0.29) is 5.91 Å². The number of rotatable bonds is 7. The molecule has 1 unspecified atom stereocenters. The maximum atomic E-state index is 12.9. The van der Waals surface area contributed by atoms with Crippen molar-refractivity contribution in [2.24, 2.45) is 0 Å². The van der Waals surface area contributed by atoms with Gasteiger partial charge in [-0.05, 0) is 49.6 Å².